The zero-order valence-electron chi connectivity index (χ0n) is 11.9. The molecule has 6 heteroatoms. The van der Waals surface area contributed by atoms with Gasteiger partial charge in [-0.15, -0.1) is 0 Å². The molecule has 1 heterocycles. The van der Waals surface area contributed by atoms with E-state index in [0.717, 1.165) is 0 Å². The molecule has 6 nitrogen and oxygen atoms in total. The quantitative estimate of drug-likeness (QED) is 0.569. The molecule has 2 atom stereocenters. The molecule has 0 unspecified atom stereocenters. The molecule has 0 aromatic heterocycles. The molecule has 1 saturated heterocycles. The Bertz CT molecular complexity index is 402. The van der Waals surface area contributed by atoms with Gasteiger partial charge in [0.2, 0.25) is 5.79 Å². The van der Waals surface area contributed by atoms with Crippen LogP contribution in [0.1, 0.15) is 26.7 Å². The van der Waals surface area contributed by atoms with Crippen LogP contribution in [0.2, 0.25) is 0 Å². The van der Waals surface area contributed by atoms with E-state index in [2.05, 4.69) is 4.74 Å². The monoisotopic (exact) mass is 272 g/mol. The van der Waals surface area contributed by atoms with E-state index in [1.807, 2.05) is 6.92 Å². The first-order valence-corrected chi connectivity index (χ1v) is 6.00. The van der Waals surface area contributed by atoms with Gasteiger partial charge in [-0.1, -0.05) is 6.92 Å². The molecular formula is C13H20O6. The lowest BCUT2D eigenvalue weighted by Gasteiger charge is -2.36. The van der Waals surface area contributed by atoms with E-state index in [4.69, 9.17) is 14.2 Å². The molecule has 108 valence electrons. The summed E-state index contributed by atoms with van der Waals surface area (Å²) in [6, 6.07) is 0. The van der Waals surface area contributed by atoms with Crippen molar-refractivity contribution in [2.24, 2.45) is 5.41 Å². The summed E-state index contributed by atoms with van der Waals surface area (Å²) in [4.78, 5) is 23.4. The Morgan fingerprint density at radius 2 is 1.95 bits per heavy atom. The number of carbonyl (C=O) groups is 2. The van der Waals surface area contributed by atoms with Gasteiger partial charge in [-0.05, 0) is 6.42 Å². The summed E-state index contributed by atoms with van der Waals surface area (Å²) in [5.74, 6) is -1.78. The van der Waals surface area contributed by atoms with Gasteiger partial charge in [0.1, 0.15) is 11.2 Å². The van der Waals surface area contributed by atoms with Crippen molar-refractivity contribution in [1.82, 2.24) is 0 Å². The average Bonchev–Trinajstić information content (AvgIpc) is 2.71. The fourth-order valence-electron chi connectivity index (χ4n) is 2.39. The molecule has 19 heavy (non-hydrogen) atoms. The highest BCUT2D eigenvalue weighted by molar-refractivity contribution is 5.84. The number of ether oxygens (including phenoxy) is 4. The van der Waals surface area contributed by atoms with Crippen molar-refractivity contribution < 1.29 is 28.5 Å². The topological polar surface area (TPSA) is 71.1 Å². The van der Waals surface area contributed by atoms with Crippen molar-refractivity contribution >= 4 is 11.9 Å². The summed E-state index contributed by atoms with van der Waals surface area (Å²) in [7, 11) is 4.05. The van der Waals surface area contributed by atoms with E-state index < -0.39 is 23.1 Å². The van der Waals surface area contributed by atoms with Crippen LogP contribution in [0.15, 0.2) is 11.8 Å². The number of allylic oxidation sites excluding steroid dienone is 1. The Morgan fingerprint density at radius 1 is 1.32 bits per heavy atom. The third kappa shape index (κ3) is 2.45. The van der Waals surface area contributed by atoms with Gasteiger partial charge in [0, 0.05) is 20.5 Å². The molecule has 0 spiro atoms. The van der Waals surface area contributed by atoms with Crippen molar-refractivity contribution in [3.05, 3.63) is 11.8 Å². The standard InChI is InChI=1S/C13H20O6/c1-6-13(11(15)17-4)8-9(7-10(14)16-3)19-12(13,2)18-5/h7H,6,8H2,1-5H3/b9-7+/t12-,13+/m1/s1. The van der Waals surface area contributed by atoms with Crippen LogP contribution in [-0.4, -0.2) is 39.1 Å². The van der Waals surface area contributed by atoms with Crippen LogP contribution < -0.4 is 0 Å². The molecule has 0 aliphatic carbocycles. The van der Waals surface area contributed by atoms with Crippen LogP contribution in [0.25, 0.3) is 0 Å². The molecule has 1 aliphatic rings. The molecular weight excluding hydrogens is 252 g/mol. The predicted octanol–water partition coefficient (Wildman–Crippen LogP) is 1.40. The lowest BCUT2D eigenvalue weighted by atomic mass is 9.76. The Morgan fingerprint density at radius 3 is 2.37 bits per heavy atom. The van der Waals surface area contributed by atoms with Crippen LogP contribution in [0, 0.1) is 5.41 Å². The van der Waals surface area contributed by atoms with Crippen LogP contribution in [-0.2, 0) is 28.5 Å². The van der Waals surface area contributed by atoms with Gasteiger partial charge >= 0.3 is 11.9 Å². The van der Waals surface area contributed by atoms with Crippen molar-refractivity contribution in [2.45, 2.75) is 32.5 Å². The smallest absolute Gasteiger partial charge is 0.333 e. The van der Waals surface area contributed by atoms with Gasteiger partial charge in [-0.2, -0.15) is 0 Å². The fourth-order valence-corrected chi connectivity index (χ4v) is 2.39. The summed E-state index contributed by atoms with van der Waals surface area (Å²) < 4.78 is 20.4. The van der Waals surface area contributed by atoms with Crippen molar-refractivity contribution in [3.63, 3.8) is 0 Å². The first-order chi connectivity index (χ1) is 8.89. The SMILES string of the molecule is CC[C@@]1(C(=O)OC)C/C(=C\C(=O)OC)O[C@@]1(C)OC. The Labute approximate surface area is 112 Å². The number of methoxy groups -OCH3 is 3. The molecule has 0 bridgehead atoms. The average molecular weight is 272 g/mol. The zero-order chi connectivity index (χ0) is 14.7. The second kappa shape index (κ2) is 5.61. The fraction of sp³-hybridized carbons (Fsp3) is 0.692. The van der Waals surface area contributed by atoms with Crippen LogP contribution in [0.5, 0.6) is 0 Å². The Hall–Kier alpha value is -1.56. The maximum atomic E-state index is 12.1. The summed E-state index contributed by atoms with van der Waals surface area (Å²) in [5.41, 5.74) is -0.976. The Balaban J connectivity index is 3.19. The van der Waals surface area contributed by atoms with E-state index in [-0.39, 0.29) is 6.42 Å². The van der Waals surface area contributed by atoms with Crippen LogP contribution in [0.4, 0.5) is 0 Å². The second-order valence-electron chi connectivity index (χ2n) is 4.49. The first kappa shape index (κ1) is 15.5. The molecule has 1 rings (SSSR count). The highest BCUT2D eigenvalue weighted by atomic mass is 16.7. The maximum Gasteiger partial charge on any atom is 0.333 e. The molecule has 0 aromatic rings. The first-order valence-electron chi connectivity index (χ1n) is 6.00. The molecule has 1 fully saturated rings. The molecule has 0 N–H and O–H groups in total. The highest BCUT2D eigenvalue weighted by Crippen LogP contribution is 2.51. The lowest BCUT2D eigenvalue weighted by molar-refractivity contribution is -0.231. The maximum absolute atomic E-state index is 12.1. The predicted molar refractivity (Wildman–Crippen MR) is 66.0 cm³/mol. The van der Waals surface area contributed by atoms with E-state index >= 15 is 0 Å². The Kier molecular flexibility index (Phi) is 4.57. The molecule has 1 aliphatic heterocycles. The largest absolute Gasteiger partial charge is 0.468 e. The second-order valence-corrected chi connectivity index (χ2v) is 4.49. The number of hydrogen-bond acceptors (Lipinski definition) is 6. The molecule has 0 radical (unpaired) electrons. The molecule has 0 aromatic carbocycles. The lowest BCUT2D eigenvalue weighted by Crippen LogP contribution is -2.49. The van der Waals surface area contributed by atoms with Crippen LogP contribution >= 0.6 is 0 Å². The van der Waals surface area contributed by atoms with E-state index in [1.54, 1.807) is 6.92 Å². The summed E-state index contributed by atoms with van der Waals surface area (Å²) in [5, 5.41) is 0. The molecule has 0 amide bonds. The number of carbonyl (C=O) groups excluding carboxylic acids is 2. The summed E-state index contributed by atoms with van der Waals surface area (Å²) in [6.07, 6.45) is 1.91. The summed E-state index contributed by atoms with van der Waals surface area (Å²) >= 11 is 0. The van der Waals surface area contributed by atoms with E-state index in [1.165, 1.54) is 27.4 Å². The van der Waals surface area contributed by atoms with Gasteiger partial charge in [0.25, 0.3) is 0 Å². The normalized spacial score (nSPS) is 31.9. The third-order valence-corrected chi connectivity index (χ3v) is 3.72. The molecule has 0 saturated carbocycles. The van der Waals surface area contributed by atoms with Crippen LogP contribution in [0.3, 0.4) is 0 Å². The highest BCUT2D eigenvalue weighted by Gasteiger charge is 2.61. The third-order valence-electron chi connectivity index (χ3n) is 3.72. The van der Waals surface area contributed by atoms with Crippen molar-refractivity contribution in [3.8, 4) is 0 Å². The van der Waals surface area contributed by atoms with Crippen molar-refractivity contribution in [2.75, 3.05) is 21.3 Å². The minimum absolute atomic E-state index is 0.232. The number of rotatable bonds is 4. The van der Waals surface area contributed by atoms with Crippen molar-refractivity contribution in [1.29, 1.82) is 0 Å². The summed E-state index contributed by atoms with van der Waals surface area (Å²) in [6.45, 7) is 3.50. The minimum Gasteiger partial charge on any atom is -0.468 e. The van der Waals surface area contributed by atoms with E-state index in [9.17, 15) is 9.59 Å². The number of hydrogen-bond donors (Lipinski definition) is 0. The van der Waals surface area contributed by atoms with E-state index in [0.29, 0.717) is 12.2 Å². The van der Waals surface area contributed by atoms with Gasteiger partial charge < -0.3 is 18.9 Å². The van der Waals surface area contributed by atoms with Gasteiger partial charge in [-0.25, -0.2) is 4.79 Å². The minimum atomic E-state index is -1.17. The van der Waals surface area contributed by atoms with Gasteiger partial charge in [-0.3, -0.25) is 4.79 Å². The van der Waals surface area contributed by atoms with Gasteiger partial charge in [0.05, 0.1) is 20.3 Å². The number of esters is 2. The van der Waals surface area contributed by atoms with Gasteiger partial charge in [0.15, 0.2) is 0 Å². The zero-order valence-corrected chi connectivity index (χ0v) is 11.9.